The van der Waals surface area contributed by atoms with Crippen LogP contribution in [0.2, 0.25) is 0 Å². The van der Waals surface area contributed by atoms with E-state index in [0.717, 1.165) is 0 Å². The van der Waals surface area contributed by atoms with Crippen LogP contribution in [0.15, 0.2) is 47.6 Å². The van der Waals surface area contributed by atoms with Gasteiger partial charge in [-0.25, -0.2) is 5.43 Å². The monoisotopic (exact) mass is 328 g/mol. The van der Waals surface area contributed by atoms with Crippen molar-refractivity contribution in [2.24, 2.45) is 5.10 Å². The lowest BCUT2D eigenvalue weighted by Gasteiger charge is -2.04. The molecule has 0 saturated carbocycles. The van der Waals surface area contributed by atoms with E-state index in [-0.39, 0.29) is 11.4 Å². The molecule has 24 heavy (non-hydrogen) atoms. The summed E-state index contributed by atoms with van der Waals surface area (Å²) in [6, 6.07) is 10.9. The largest absolute Gasteiger partial charge is 0.487 e. The Hall–Kier alpha value is -3.42. The summed E-state index contributed by atoms with van der Waals surface area (Å²) in [5.74, 6) is -0.248. The summed E-state index contributed by atoms with van der Waals surface area (Å²) in [6.45, 7) is 2.06. The van der Waals surface area contributed by atoms with E-state index >= 15 is 0 Å². The van der Waals surface area contributed by atoms with E-state index in [4.69, 9.17) is 10.5 Å². The van der Waals surface area contributed by atoms with Crippen molar-refractivity contribution in [2.45, 2.75) is 6.92 Å². The Morgan fingerprint density at radius 3 is 2.83 bits per heavy atom. The van der Waals surface area contributed by atoms with E-state index in [2.05, 4.69) is 10.5 Å². The van der Waals surface area contributed by atoms with E-state index in [9.17, 15) is 14.9 Å². The number of benzene rings is 2. The van der Waals surface area contributed by atoms with Gasteiger partial charge in [-0.3, -0.25) is 14.9 Å². The zero-order chi connectivity index (χ0) is 17.5. The minimum Gasteiger partial charge on any atom is -0.487 e. The Labute approximate surface area is 138 Å². The highest BCUT2D eigenvalue weighted by Crippen LogP contribution is 2.27. The summed E-state index contributed by atoms with van der Waals surface area (Å²) < 4.78 is 5.20. The molecule has 2 aromatic carbocycles. The summed E-state index contributed by atoms with van der Waals surface area (Å²) >= 11 is 0. The van der Waals surface area contributed by atoms with E-state index < -0.39 is 10.8 Å². The number of carbonyl (C=O) groups is 1. The van der Waals surface area contributed by atoms with Gasteiger partial charge in [0.25, 0.3) is 5.91 Å². The van der Waals surface area contributed by atoms with Gasteiger partial charge in [-0.15, -0.1) is 0 Å². The van der Waals surface area contributed by atoms with Crippen LogP contribution in [-0.2, 0) is 0 Å². The molecular weight excluding hydrogens is 312 g/mol. The Bertz CT molecular complexity index is 789. The van der Waals surface area contributed by atoms with E-state index in [1.54, 1.807) is 31.2 Å². The molecule has 0 aliphatic rings. The average Bonchev–Trinajstić information content (AvgIpc) is 2.56. The molecule has 0 bridgehead atoms. The first-order chi connectivity index (χ1) is 11.5. The van der Waals surface area contributed by atoms with Gasteiger partial charge in [0.2, 0.25) is 0 Å². The lowest BCUT2D eigenvalue weighted by Crippen LogP contribution is -2.17. The van der Waals surface area contributed by atoms with Gasteiger partial charge >= 0.3 is 5.69 Å². The number of hydrogen-bond acceptors (Lipinski definition) is 6. The number of anilines is 1. The number of amides is 1. The van der Waals surface area contributed by atoms with Crippen LogP contribution in [0.1, 0.15) is 22.8 Å². The predicted molar refractivity (Wildman–Crippen MR) is 90.2 cm³/mol. The normalized spacial score (nSPS) is 10.5. The van der Waals surface area contributed by atoms with Crippen LogP contribution in [-0.4, -0.2) is 23.7 Å². The van der Waals surface area contributed by atoms with Gasteiger partial charge in [0.15, 0.2) is 5.75 Å². The lowest BCUT2D eigenvalue weighted by atomic mass is 10.2. The molecular formula is C16H16N4O4. The third-order valence-corrected chi connectivity index (χ3v) is 3.01. The zero-order valence-electron chi connectivity index (χ0n) is 12.9. The molecule has 0 heterocycles. The predicted octanol–water partition coefficient (Wildman–Crippen LogP) is 2.34. The SMILES string of the molecule is CCOc1ccc(/C=N\NC(=O)c2cccc(N)c2)cc1[N+](=O)[O-]. The maximum Gasteiger partial charge on any atom is 0.311 e. The summed E-state index contributed by atoms with van der Waals surface area (Å²) in [5, 5.41) is 14.8. The number of nitrogens with zero attached hydrogens (tertiary/aromatic N) is 2. The molecule has 0 atom stereocenters. The van der Waals surface area contributed by atoms with Gasteiger partial charge in [-0.1, -0.05) is 6.07 Å². The minimum absolute atomic E-state index is 0.164. The van der Waals surface area contributed by atoms with Crippen molar-refractivity contribution in [3.8, 4) is 5.75 Å². The molecule has 2 aromatic rings. The van der Waals surface area contributed by atoms with Gasteiger partial charge in [0.1, 0.15) is 0 Å². The molecule has 0 saturated heterocycles. The Morgan fingerprint density at radius 2 is 2.17 bits per heavy atom. The highest BCUT2D eigenvalue weighted by molar-refractivity contribution is 5.95. The Balaban J connectivity index is 2.10. The summed E-state index contributed by atoms with van der Waals surface area (Å²) in [6.07, 6.45) is 1.31. The molecule has 0 unspecified atom stereocenters. The number of hydrazone groups is 1. The van der Waals surface area contributed by atoms with Crippen LogP contribution in [0.4, 0.5) is 11.4 Å². The lowest BCUT2D eigenvalue weighted by molar-refractivity contribution is -0.385. The molecule has 0 fully saturated rings. The fourth-order valence-corrected chi connectivity index (χ4v) is 1.94. The second-order valence-corrected chi connectivity index (χ2v) is 4.74. The molecule has 8 nitrogen and oxygen atoms in total. The van der Waals surface area contributed by atoms with E-state index in [0.29, 0.717) is 23.4 Å². The van der Waals surface area contributed by atoms with Crippen molar-refractivity contribution in [2.75, 3.05) is 12.3 Å². The standard InChI is InChI=1S/C16H16N4O4/c1-2-24-15-7-6-11(8-14(15)20(22)23)10-18-19-16(21)12-4-3-5-13(17)9-12/h3-10H,2,17H2,1H3,(H,19,21)/b18-10-. The first kappa shape index (κ1) is 16.9. The van der Waals surface area contributed by atoms with Crippen molar-refractivity contribution < 1.29 is 14.5 Å². The summed E-state index contributed by atoms with van der Waals surface area (Å²) in [5.41, 5.74) is 9.07. The van der Waals surface area contributed by atoms with Crippen LogP contribution >= 0.6 is 0 Å². The maximum atomic E-state index is 11.9. The second-order valence-electron chi connectivity index (χ2n) is 4.74. The van der Waals surface area contributed by atoms with Gasteiger partial charge in [-0.05, 0) is 37.3 Å². The maximum absolute atomic E-state index is 11.9. The van der Waals surface area contributed by atoms with Crippen LogP contribution < -0.4 is 15.9 Å². The molecule has 8 heteroatoms. The van der Waals surface area contributed by atoms with Crippen molar-refractivity contribution >= 4 is 23.5 Å². The van der Waals surface area contributed by atoms with Crippen LogP contribution in [0, 0.1) is 10.1 Å². The molecule has 0 aliphatic heterocycles. The van der Waals surface area contributed by atoms with Gasteiger partial charge < -0.3 is 10.5 Å². The molecule has 3 N–H and O–H groups in total. The van der Waals surface area contributed by atoms with Crippen molar-refractivity contribution in [3.63, 3.8) is 0 Å². The molecule has 2 rings (SSSR count). The molecule has 0 spiro atoms. The number of ether oxygens (including phenoxy) is 1. The number of nitrogens with two attached hydrogens (primary N) is 1. The number of nitro benzene ring substituents is 1. The fourth-order valence-electron chi connectivity index (χ4n) is 1.94. The van der Waals surface area contributed by atoms with Crippen molar-refractivity contribution in [1.29, 1.82) is 0 Å². The number of rotatable bonds is 6. The average molecular weight is 328 g/mol. The van der Waals surface area contributed by atoms with Gasteiger partial charge in [0.05, 0.1) is 17.7 Å². The second kappa shape index (κ2) is 7.73. The van der Waals surface area contributed by atoms with E-state index in [1.165, 1.54) is 24.4 Å². The number of hydrogen-bond donors (Lipinski definition) is 2. The third-order valence-electron chi connectivity index (χ3n) is 3.01. The molecule has 0 radical (unpaired) electrons. The summed E-state index contributed by atoms with van der Waals surface area (Å²) in [4.78, 5) is 22.4. The zero-order valence-corrected chi connectivity index (χ0v) is 12.9. The summed E-state index contributed by atoms with van der Waals surface area (Å²) in [7, 11) is 0. The number of nitrogen functional groups attached to an aromatic ring is 1. The topological polar surface area (TPSA) is 120 Å². The third kappa shape index (κ3) is 4.29. The first-order valence-electron chi connectivity index (χ1n) is 7.11. The van der Waals surface area contributed by atoms with Crippen LogP contribution in [0.3, 0.4) is 0 Å². The van der Waals surface area contributed by atoms with Crippen molar-refractivity contribution in [1.82, 2.24) is 5.43 Å². The molecule has 124 valence electrons. The smallest absolute Gasteiger partial charge is 0.311 e. The van der Waals surface area contributed by atoms with E-state index in [1.807, 2.05) is 0 Å². The minimum atomic E-state index is -0.534. The number of nitro groups is 1. The van der Waals surface area contributed by atoms with Crippen LogP contribution in [0.5, 0.6) is 5.75 Å². The number of nitrogens with one attached hydrogen (secondary N) is 1. The first-order valence-corrected chi connectivity index (χ1v) is 7.11. The van der Waals surface area contributed by atoms with Crippen LogP contribution in [0.25, 0.3) is 0 Å². The van der Waals surface area contributed by atoms with Gasteiger partial charge in [-0.2, -0.15) is 5.10 Å². The van der Waals surface area contributed by atoms with Crippen molar-refractivity contribution in [3.05, 3.63) is 63.7 Å². The Morgan fingerprint density at radius 1 is 1.38 bits per heavy atom. The molecule has 0 aliphatic carbocycles. The van der Waals surface area contributed by atoms with Gasteiger partial charge in [0, 0.05) is 22.9 Å². The fraction of sp³-hybridized carbons (Fsp3) is 0.125. The molecule has 0 aromatic heterocycles. The quantitative estimate of drug-likeness (QED) is 0.365. The Kier molecular flexibility index (Phi) is 5.45. The number of carbonyl (C=O) groups excluding carboxylic acids is 1. The molecule has 1 amide bonds. The highest BCUT2D eigenvalue weighted by atomic mass is 16.6. The highest BCUT2D eigenvalue weighted by Gasteiger charge is 2.15.